The van der Waals surface area contributed by atoms with Gasteiger partial charge in [-0.15, -0.1) is 35.3 Å². The van der Waals surface area contributed by atoms with E-state index in [2.05, 4.69) is 20.6 Å². The Bertz CT molecular complexity index is 738. The van der Waals surface area contributed by atoms with Crippen LogP contribution in [0.3, 0.4) is 0 Å². The van der Waals surface area contributed by atoms with E-state index in [1.54, 1.807) is 24.5 Å². The van der Waals surface area contributed by atoms with Crippen molar-refractivity contribution in [3.63, 3.8) is 0 Å². The van der Waals surface area contributed by atoms with Crippen molar-refractivity contribution < 1.29 is 9.13 Å². The summed E-state index contributed by atoms with van der Waals surface area (Å²) in [4.78, 5) is 10.7. The molecule has 26 heavy (non-hydrogen) atoms. The van der Waals surface area contributed by atoms with Crippen molar-refractivity contribution in [3.8, 4) is 5.75 Å². The molecule has 0 saturated heterocycles. The summed E-state index contributed by atoms with van der Waals surface area (Å²) < 4.78 is 18.8. The first kappa shape index (κ1) is 22.4. The fourth-order valence-electron chi connectivity index (χ4n) is 2.19. The van der Waals surface area contributed by atoms with Crippen LogP contribution in [0.15, 0.2) is 28.6 Å². The van der Waals surface area contributed by atoms with Crippen molar-refractivity contribution >= 4 is 46.4 Å². The number of guanidine groups is 1. The highest BCUT2D eigenvalue weighted by Gasteiger charge is 2.12. The topological polar surface area (TPSA) is 61.8 Å². The number of aliphatic imine (C=N–C) groups is 1. The standard InChI is InChI=1S/C17H24FN5OS.HI/c1-11(12-6-7-15(24-5)14(18)8-12)21-16(19-2)20-9-13-10-25-17(22-13)23(3)4;/h6-8,10-11H,9H2,1-5H3,(H2,19,20,21);1H. The predicted octanol–water partition coefficient (Wildman–Crippen LogP) is 3.40. The first-order valence-corrected chi connectivity index (χ1v) is 8.75. The number of benzene rings is 1. The van der Waals surface area contributed by atoms with Crippen LogP contribution in [0.4, 0.5) is 9.52 Å². The van der Waals surface area contributed by atoms with Gasteiger partial charge in [-0.2, -0.15) is 0 Å². The molecule has 2 aromatic rings. The molecule has 0 aliphatic carbocycles. The van der Waals surface area contributed by atoms with Gasteiger partial charge in [0.2, 0.25) is 0 Å². The molecular formula is C17H25FIN5OS. The minimum absolute atomic E-state index is 0. The highest BCUT2D eigenvalue weighted by Crippen LogP contribution is 2.21. The van der Waals surface area contributed by atoms with Crippen LogP contribution >= 0.6 is 35.3 Å². The summed E-state index contributed by atoms with van der Waals surface area (Å²) in [5.74, 6) is 0.483. The molecule has 0 spiro atoms. The number of nitrogens with zero attached hydrogens (tertiary/aromatic N) is 3. The van der Waals surface area contributed by atoms with E-state index in [0.29, 0.717) is 12.5 Å². The van der Waals surface area contributed by atoms with Crippen LogP contribution in [0.2, 0.25) is 0 Å². The molecule has 9 heteroatoms. The van der Waals surface area contributed by atoms with E-state index < -0.39 is 0 Å². The smallest absolute Gasteiger partial charge is 0.191 e. The third-order valence-corrected chi connectivity index (χ3v) is 4.67. The lowest BCUT2D eigenvalue weighted by Crippen LogP contribution is -2.38. The Labute approximate surface area is 174 Å². The molecule has 1 aromatic heterocycles. The molecule has 0 amide bonds. The number of nitrogens with one attached hydrogen (secondary N) is 2. The second-order valence-corrected chi connectivity index (χ2v) is 6.54. The average Bonchev–Trinajstić information content (AvgIpc) is 3.07. The average molecular weight is 493 g/mol. The first-order chi connectivity index (χ1) is 11.9. The Morgan fingerprint density at radius 1 is 1.42 bits per heavy atom. The van der Waals surface area contributed by atoms with E-state index in [0.717, 1.165) is 16.4 Å². The number of methoxy groups -OCH3 is 1. The van der Waals surface area contributed by atoms with Crippen LogP contribution in [-0.2, 0) is 6.54 Å². The highest BCUT2D eigenvalue weighted by molar-refractivity contribution is 14.0. The van der Waals surface area contributed by atoms with Gasteiger partial charge >= 0.3 is 0 Å². The monoisotopic (exact) mass is 493 g/mol. The van der Waals surface area contributed by atoms with Crippen molar-refractivity contribution in [1.29, 1.82) is 0 Å². The minimum Gasteiger partial charge on any atom is -0.494 e. The molecule has 6 nitrogen and oxygen atoms in total. The molecule has 1 unspecified atom stereocenters. The Morgan fingerprint density at radius 2 is 2.15 bits per heavy atom. The number of rotatable bonds is 6. The molecule has 1 atom stereocenters. The van der Waals surface area contributed by atoms with Crippen LogP contribution in [-0.4, -0.2) is 39.2 Å². The Hall–Kier alpha value is -1.62. The van der Waals surface area contributed by atoms with Gasteiger partial charge in [-0.3, -0.25) is 4.99 Å². The largest absolute Gasteiger partial charge is 0.494 e. The molecule has 0 fully saturated rings. The van der Waals surface area contributed by atoms with Gasteiger partial charge in [0.15, 0.2) is 22.7 Å². The van der Waals surface area contributed by atoms with Crippen molar-refractivity contribution in [3.05, 3.63) is 40.7 Å². The van der Waals surface area contributed by atoms with Crippen molar-refractivity contribution in [2.45, 2.75) is 19.5 Å². The molecule has 0 aliphatic rings. The number of anilines is 1. The molecule has 1 aromatic carbocycles. The van der Waals surface area contributed by atoms with E-state index >= 15 is 0 Å². The van der Waals surface area contributed by atoms with Crippen molar-refractivity contribution in [2.75, 3.05) is 33.2 Å². The number of hydrogen-bond donors (Lipinski definition) is 2. The van der Waals surface area contributed by atoms with Gasteiger partial charge in [-0.25, -0.2) is 9.37 Å². The molecule has 0 bridgehead atoms. The minimum atomic E-state index is -0.379. The summed E-state index contributed by atoms with van der Waals surface area (Å²) in [7, 11) is 7.08. The zero-order valence-electron chi connectivity index (χ0n) is 15.5. The molecule has 0 aliphatic heterocycles. The van der Waals surface area contributed by atoms with E-state index in [-0.39, 0.29) is 41.6 Å². The maximum atomic E-state index is 13.9. The summed E-state index contributed by atoms with van der Waals surface area (Å²) in [5.41, 5.74) is 1.75. The second kappa shape index (κ2) is 10.5. The molecular weight excluding hydrogens is 468 g/mol. The van der Waals surface area contributed by atoms with E-state index in [1.807, 2.05) is 37.4 Å². The summed E-state index contributed by atoms with van der Waals surface area (Å²) in [6, 6.07) is 4.81. The lowest BCUT2D eigenvalue weighted by molar-refractivity contribution is 0.386. The van der Waals surface area contributed by atoms with E-state index in [1.165, 1.54) is 13.2 Å². The third-order valence-electron chi connectivity index (χ3n) is 3.61. The van der Waals surface area contributed by atoms with Gasteiger partial charge in [0, 0.05) is 26.5 Å². The van der Waals surface area contributed by atoms with Gasteiger partial charge in [-0.1, -0.05) is 6.07 Å². The van der Waals surface area contributed by atoms with Gasteiger partial charge in [0.05, 0.1) is 25.4 Å². The normalized spacial score (nSPS) is 12.2. The predicted molar refractivity (Wildman–Crippen MR) is 117 cm³/mol. The molecule has 2 rings (SSSR count). The number of hydrogen-bond acceptors (Lipinski definition) is 5. The number of aromatic nitrogens is 1. The second-order valence-electron chi connectivity index (χ2n) is 5.70. The zero-order chi connectivity index (χ0) is 18.4. The number of halogens is 2. The summed E-state index contributed by atoms with van der Waals surface area (Å²) >= 11 is 1.59. The lowest BCUT2D eigenvalue weighted by atomic mass is 10.1. The summed E-state index contributed by atoms with van der Waals surface area (Å²) in [5, 5.41) is 9.44. The van der Waals surface area contributed by atoms with Gasteiger partial charge in [-0.05, 0) is 24.6 Å². The highest BCUT2D eigenvalue weighted by atomic mass is 127. The Kier molecular flexibility index (Phi) is 9.06. The van der Waals surface area contributed by atoms with Crippen LogP contribution in [0.1, 0.15) is 24.2 Å². The molecule has 144 valence electrons. The SMILES string of the molecule is CN=C(NCc1csc(N(C)C)n1)NC(C)c1ccc(OC)c(F)c1.I. The molecule has 0 saturated carbocycles. The van der Waals surface area contributed by atoms with Gasteiger partial charge in [0.25, 0.3) is 0 Å². The fourth-order valence-corrected chi connectivity index (χ4v) is 2.95. The first-order valence-electron chi connectivity index (χ1n) is 7.87. The third kappa shape index (κ3) is 5.97. The lowest BCUT2D eigenvalue weighted by Gasteiger charge is -2.18. The summed E-state index contributed by atoms with van der Waals surface area (Å²) in [6.45, 7) is 2.51. The maximum absolute atomic E-state index is 13.9. The van der Waals surface area contributed by atoms with Crippen LogP contribution in [0.5, 0.6) is 5.75 Å². The van der Waals surface area contributed by atoms with Crippen LogP contribution < -0.4 is 20.3 Å². The molecule has 0 radical (unpaired) electrons. The van der Waals surface area contributed by atoms with Gasteiger partial charge < -0.3 is 20.3 Å². The summed E-state index contributed by atoms with van der Waals surface area (Å²) in [6.07, 6.45) is 0. The Balaban J connectivity index is 0.00000338. The van der Waals surface area contributed by atoms with Crippen molar-refractivity contribution in [1.82, 2.24) is 15.6 Å². The fraction of sp³-hybridized carbons (Fsp3) is 0.412. The van der Waals surface area contributed by atoms with Crippen LogP contribution in [0, 0.1) is 5.82 Å². The number of ether oxygens (including phenoxy) is 1. The quantitative estimate of drug-likeness (QED) is 0.367. The van der Waals surface area contributed by atoms with Crippen LogP contribution in [0.25, 0.3) is 0 Å². The van der Waals surface area contributed by atoms with E-state index in [4.69, 9.17) is 4.74 Å². The van der Waals surface area contributed by atoms with Crippen molar-refractivity contribution in [2.24, 2.45) is 4.99 Å². The number of thiazole rings is 1. The Morgan fingerprint density at radius 3 is 2.69 bits per heavy atom. The zero-order valence-corrected chi connectivity index (χ0v) is 18.7. The molecule has 1 heterocycles. The maximum Gasteiger partial charge on any atom is 0.191 e. The molecule has 2 N–H and O–H groups in total. The van der Waals surface area contributed by atoms with Gasteiger partial charge in [0.1, 0.15) is 0 Å². The van der Waals surface area contributed by atoms with E-state index in [9.17, 15) is 4.39 Å².